The van der Waals surface area contributed by atoms with Crippen molar-refractivity contribution in [1.82, 2.24) is 4.90 Å². The highest BCUT2D eigenvalue weighted by Crippen LogP contribution is 2.23. The molecule has 1 aromatic rings. The Morgan fingerprint density at radius 3 is 2.63 bits per heavy atom. The lowest BCUT2D eigenvalue weighted by Gasteiger charge is -2.27. The highest BCUT2D eigenvalue weighted by atomic mass is 32.2. The molecule has 0 bridgehead atoms. The second-order valence-corrected chi connectivity index (χ2v) is 5.97. The molecule has 1 aliphatic heterocycles. The van der Waals surface area contributed by atoms with Gasteiger partial charge in [0.05, 0.1) is 25.2 Å². The van der Waals surface area contributed by atoms with E-state index < -0.39 is 10.0 Å². The molecule has 0 amide bonds. The predicted molar refractivity (Wildman–Crippen MR) is 70.5 cm³/mol. The molecular weight excluding hydrogens is 268 g/mol. The number of ether oxygens (including phenoxy) is 2. The van der Waals surface area contributed by atoms with Crippen molar-refractivity contribution in [1.29, 1.82) is 0 Å². The summed E-state index contributed by atoms with van der Waals surface area (Å²) in [5, 5.41) is 5.15. The average molecular weight is 286 g/mol. The Labute approximate surface area is 113 Å². The number of hydrogen-bond donors (Lipinski definition) is 1. The summed E-state index contributed by atoms with van der Waals surface area (Å²) in [5.74, 6) is 0.666. The molecule has 2 N–H and O–H groups in total. The van der Waals surface area contributed by atoms with E-state index in [4.69, 9.17) is 14.6 Å². The number of hydrogen-bond acceptors (Lipinski definition) is 5. The van der Waals surface area contributed by atoms with Crippen LogP contribution < -0.4 is 9.88 Å². The molecule has 0 aliphatic carbocycles. The lowest BCUT2D eigenvalue weighted by Crippen LogP contribution is -2.35. The van der Waals surface area contributed by atoms with Crippen molar-refractivity contribution in [3.63, 3.8) is 0 Å². The summed E-state index contributed by atoms with van der Waals surface area (Å²) in [6, 6.07) is 4.66. The molecule has 6 nitrogen and oxygen atoms in total. The Hall–Kier alpha value is -1.15. The highest BCUT2D eigenvalue weighted by Gasteiger charge is 2.16. The molecule has 2 rings (SSSR count). The minimum atomic E-state index is -3.69. The monoisotopic (exact) mass is 286 g/mol. The molecule has 0 atom stereocenters. The first-order valence-corrected chi connectivity index (χ1v) is 7.55. The SMILES string of the molecule is COc1ccc(S(N)(=O)=O)cc1CN1CCOCC1. The molecule has 106 valence electrons. The summed E-state index contributed by atoms with van der Waals surface area (Å²) in [7, 11) is -2.13. The van der Waals surface area contributed by atoms with E-state index in [-0.39, 0.29) is 4.90 Å². The Balaban J connectivity index is 2.25. The van der Waals surface area contributed by atoms with Gasteiger partial charge in [-0.2, -0.15) is 0 Å². The number of rotatable bonds is 4. The van der Waals surface area contributed by atoms with Crippen molar-refractivity contribution >= 4 is 10.0 Å². The largest absolute Gasteiger partial charge is 0.496 e. The number of sulfonamides is 1. The van der Waals surface area contributed by atoms with Crippen LogP contribution in [0.2, 0.25) is 0 Å². The summed E-state index contributed by atoms with van der Waals surface area (Å²) in [6.07, 6.45) is 0. The van der Waals surface area contributed by atoms with Crippen molar-refractivity contribution in [3.05, 3.63) is 23.8 Å². The van der Waals surface area contributed by atoms with Gasteiger partial charge in [-0.15, -0.1) is 0 Å². The fraction of sp³-hybridized carbons (Fsp3) is 0.500. The second kappa shape index (κ2) is 5.87. The Morgan fingerprint density at radius 2 is 2.05 bits per heavy atom. The van der Waals surface area contributed by atoms with Crippen LogP contribution in [0.15, 0.2) is 23.1 Å². The van der Waals surface area contributed by atoms with Gasteiger partial charge in [-0.25, -0.2) is 13.6 Å². The van der Waals surface area contributed by atoms with E-state index in [2.05, 4.69) is 4.90 Å². The third kappa shape index (κ3) is 3.66. The lowest BCUT2D eigenvalue weighted by molar-refractivity contribution is 0.0338. The molecule has 0 spiro atoms. The van der Waals surface area contributed by atoms with Gasteiger partial charge in [0.2, 0.25) is 10.0 Å². The van der Waals surface area contributed by atoms with E-state index in [9.17, 15) is 8.42 Å². The zero-order chi connectivity index (χ0) is 13.9. The van der Waals surface area contributed by atoms with E-state index in [1.807, 2.05) is 0 Å². The average Bonchev–Trinajstić information content (AvgIpc) is 2.39. The smallest absolute Gasteiger partial charge is 0.238 e. The van der Waals surface area contributed by atoms with Crippen LogP contribution in [0.5, 0.6) is 5.75 Å². The predicted octanol–water partition coefficient (Wildman–Crippen LogP) is 0.175. The van der Waals surface area contributed by atoms with Crippen molar-refractivity contribution in [2.45, 2.75) is 11.4 Å². The van der Waals surface area contributed by atoms with E-state index in [0.29, 0.717) is 25.5 Å². The van der Waals surface area contributed by atoms with Gasteiger partial charge in [-0.1, -0.05) is 0 Å². The quantitative estimate of drug-likeness (QED) is 0.853. The Kier molecular flexibility index (Phi) is 4.41. The van der Waals surface area contributed by atoms with Gasteiger partial charge in [0.1, 0.15) is 5.75 Å². The molecule has 0 radical (unpaired) electrons. The van der Waals surface area contributed by atoms with Gasteiger partial charge in [-0.3, -0.25) is 4.90 Å². The molecule has 19 heavy (non-hydrogen) atoms. The number of morpholine rings is 1. The van der Waals surface area contributed by atoms with Crippen LogP contribution >= 0.6 is 0 Å². The molecule has 1 heterocycles. The van der Waals surface area contributed by atoms with Crippen molar-refractivity contribution in [2.75, 3.05) is 33.4 Å². The first-order chi connectivity index (χ1) is 9.00. The first-order valence-electron chi connectivity index (χ1n) is 6.00. The van der Waals surface area contributed by atoms with E-state index in [1.54, 1.807) is 19.2 Å². The minimum absolute atomic E-state index is 0.108. The normalized spacial score (nSPS) is 17.4. The maximum Gasteiger partial charge on any atom is 0.238 e. The summed E-state index contributed by atoms with van der Waals surface area (Å²) >= 11 is 0. The zero-order valence-electron chi connectivity index (χ0n) is 10.8. The highest BCUT2D eigenvalue weighted by molar-refractivity contribution is 7.89. The third-order valence-corrected chi connectivity index (χ3v) is 3.99. The summed E-state index contributed by atoms with van der Waals surface area (Å²) in [4.78, 5) is 2.30. The molecular formula is C12H18N2O4S. The van der Waals surface area contributed by atoms with E-state index in [1.165, 1.54) is 6.07 Å². The van der Waals surface area contributed by atoms with Crippen molar-refractivity contribution in [3.8, 4) is 5.75 Å². The van der Waals surface area contributed by atoms with Gasteiger partial charge in [0.15, 0.2) is 0 Å². The molecule has 0 aromatic heterocycles. The van der Waals surface area contributed by atoms with E-state index in [0.717, 1.165) is 18.7 Å². The Bertz CT molecular complexity index is 539. The van der Waals surface area contributed by atoms with Crippen LogP contribution in [-0.4, -0.2) is 46.7 Å². The number of methoxy groups -OCH3 is 1. The molecule has 0 saturated carbocycles. The fourth-order valence-electron chi connectivity index (χ4n) is 2.06. The van der Waals surface area contributed by atoms with Gasteiger partial charge in [0.25, 0.3) is 0 Å². The maximum atomic E-state index is 11.4. The fourth-order valence-corrected chi connectivity index (χ4v) is 2.62. The summed E-state index contributed by atoms with van der Waals surface area (Å²) < 4.78 is 33.3. The van der Waals surface area contributed by atoms with Crippen LogP contribution in [0, 0.1) is 0 Å². The van der Waals surface area contributed by atoms with Crippen LogP contribution in [0.4, 0.5) is 0 Å². The summed E-state index contributed by atoms with van der Waals surface area (Å²) in [5.41, 5.74) is 0.816. The number of benzene rings is 1. The van der Waals surface area contributed by atoms with E-state index >= 15 is 0 Å². The molecule has 1 fully saturated rings. The van der Waals surface area contributed by atoms with Crippen molar-refractivity contribution < 1.29 is 17.9 Å². The summed E-state index contributed by atoms with van der Waals surface area (Å²) in [6.45, 7) is 3.65. The minimum Gasteiger partial charge on any atom is -0.496 e. The van der Waals surface area contributed by atoms with Gasteiger partial charge in [0, 0.05) is 25.2 Å². The first kappa shape index (κ1) is 14.3. The van der Waals surface area contributed by atoms with Crippen LogP contribution in [0.3, 0.4) is 0 Å². The number of nitrogens with two attached hydrogens (primary N) is 1. The lowest BCUT2D eigenvalue weighted by atomic mass is 10.2. The van der Waals surface area contributed by atoms with Crippen LogP contribution in [0.25, 0.3) is 0 Å². The van der Waals surface area contributed by atoms with Crippen molar-refractivity contribution in [2.24, 2.45) is 5.14 Å². The molecule has 1 saturated heterocycles. The molecule has 7 heteroatoms. The molecule has 1 aliphatic rings. The van der Waals surface area contributed by atoms with Crippen LogP contribution in [-0.2, 0) is 21.3 Å². The molecule has 1 aromatic carbocycles. The van der Waals surface area contributed by atoms with Gasteiger partial charge in [-0.05, 0) is 18.2 Å². The topological polar surface area (TPSA) is 81.9 Å². The standard InChI is InChI=1S/C12H18N2O4S/c1-17-12-3-2-11(19(13,15)16)8-10(12)9-14-4-6-18-7-5-14/h2-3,8H,4-7,9H2,1H3,(H2,13,15,16). The Morgan fingerprint density at radius 1 is 1.37 bits per heavy atom. The van der Waals surface area contributed by atoms with Gasteiger partial charge >= 0.3 is 0 Å². The number of primary sulfonamides is 1. The second-order valence-electron chi connectivity index (χ2n) is 4.41. The van der Waals surface area contributed by atoms with Crippen LogP contribution in [0.1, 0.15) is 5.56 Å². The number of nitrogens with zero attached hydrogens (tertiary/aromatic N) is 1. The third-order valence-electron chi connectivity index (χ3n) is 3.08. The maximum absolute atomic E-state index is 11.4. The molecule has 0 unspecified atom stereocenters. The zero-order valence-corrected chi connectivity index (χ0v) is 11.6. The van der Waals surface area contributed by atoms with Gasteiger partial charge < -0.3 is 9.47 Å².